The molecule has 0 bridgehead atoms. The van der Waals surface area contributed by atoms with Crippen molar-refractivity contribution in [2.75, 3.05) is 6.79 Å². The first-order valence-corrected chi connectivity index (χ1v) is 11.8. The van der Waals surface area contributed by atoms with Gasteiger partial charge in [-0.2, -0.15) is 0 Å². The van der Waals surface area contributed by atoms with E-state index >= 15 is 0 Å². The molecule has 7 rings (SSSR count). The number of halogens is 1. The molecular weight excluding hydrogens is 455 g/mol. The van der Waals surface area contributed by atoms with Crippen LogP contribution in [0.5, 0.6) is 11.5 Å². The maximum absolute atomic E-state index is 13.8. The molecule has 0 radical (unpaired) electrons. The summed E-state index contributed by atoms with van der Waals surface area (Å²) in [6.45, 7) is 0.600. The molecule has 0 saturated heterocycles. The molecule has 5 nitrogen and oxygen atoms in total. The number of amides is 1. The predicted molar refractivity (Wildman–Crippen MR) is 134 cm³/mol. The molecule has 0 fully saturated rings. The number of aromatic nitrogens is 1. The summed E-state index contributed by atoms with van der Waals surface area (Å²) in [6, 6.07) is 27.8. The Labute approximate surface area is 206 Å². The van der Waals surface area contributed by atoms with Crippen LogP contribution in [0.4, 0.5) is 4.39 Å². The highest BCUT2D eigenvalue weighted by molar-refractivity contribution is 6.02. The second-order valence-electron chi connectivity index (χ2n) is 9.08. The minimum Gasteiger partial charge on any atom is -0.454 e. The van der Waals surface area contributed by atoms with Crippen LogP contribution in [0.25, 0.3) is 22.2 Å². The number of carbonyl (C=O) groups excluding carboxylic acids is 1. The summed E-state index contributed by atoms with van der Waals surface area (Å²) in [7, 11) is 0. The van der Waals surface area contributed by atoms with Gasteiger partial charge in [-0.3, -0.25) is 4.79 Å². The van der Waals surface area contributed by atoms with Crippen LogP contribution in [0.15, 0.2) is 91.0 Å². The summed E-state index contributed by atoms with van der Waals surface area (Å²) >= 11 is 0. The standard InChI is InChI=1S/C30H21FN2O3/c31-20-12-10-19(11-13-20)28-27(23-7-3-4-8-24(23)32-28)29-21-5-1-2-6-22(21)30(34)33(29)16-18-9-14-25-26(15-18)36-17-35-25/h1-15,29,32H,16-17H2/t29-/m1/s1. The highest BCUT2D eigenvalue weighted by Gasteiger charge is 2.40. The van der Waals surface area contributed by atoms with E-state index < -0.39 is 0 Å². The van der Waals surface area contributed by atoms with Gasteiger partial charge in [-0.25, -0.2) is 4.39 Å². The fraction of sp³-hybridized carbons (Fsp3) is 0.100. The van der Waals surface area contributed by atoms with Crippen LogP contribution < -0.4 is 9.47 Å². The minimum atomic E-state index is -0.324. The molecule has 1 aromatic heterocycles. The monoisotopic (exact) mass is 476 g/mol. The molecule has 1 N–H and O–H groups in total. The molecule has 0 unspecified atom stereocenters. The topological polar surface area (TPSA) is 54.6 Å². The molecule has 2 aliphatic rings. The van der Waals surface area contributed by atoms with Gasteiger partial charge in [-0.15, -0.1) is 0 Å². The lowest BCUT2D eigenvalue weighted by atomic mass is 9.93. The summed E-state index contributed by atoms with van der Waals surface area (Å²) < 4.78 is 24.8. The third kappa shape index (κ3) is 3.18. The lowest BCUT2D eigenvalue weighted by molar-refractivity contribution is 0.0737. The molecule has 3 heterocycles. The van der Waals surface area contributed by atoms with Gasteiger partial charge in [0.2, 0.25) is 6.79 Å². The number of para-hydroxylation sites is 1. The van der Waals surface area contributed by atoms with E-state index in [-0.39, 0.29) is 24.6 Å². The minimum absolute atomic E-state index is 0.0244. The molecule has 0 aliphatic carbocycles. The molecule has 6 heteroatoms. The van der Waals surface area contributed by atoms with Gasteiger partial charge >= 0.3 is 0 Å². The Morgan fingerprint density at radius 1 is 0.889 bits per heavy atom. The predicted octanol–water partition coefficient (Wildman–Crippen LogP) is 6.45. The average Bonchev–Trinajstić information content (AvgIpc) is 3.59. The Bertz CT molecular complexity index is 1640. The molecule has 2 aliphatic heterocycles. The fourth-order valence-electron chi connectivity index (χ4n) is 5.37. The number of nitrogens with one attached hydrogen (secondary N) is 1. The Morgan fingerprint density at radius 3 is 2.56 bits per heavy atom. The van der Waals surface area contributed by atoms with Crippen molar-refractivity contribution in [3.05, 3.63) is 119 Å². The van der Waals surface area contributed by atoms with Crippen molar-refractivity contribution in [3.63, 3.8) is 0 Å². The van der Waals surface area contributed by atoms with Crippen molar-refractivity contribution in [2.45, 2.75) is 12.6 Å². The van der Waals surface area contributed by atoms with Crippen molar-refractivity contribution >= 4 is 16.8 Å². The van der Waals surface area contributed by atoms with Gasteiger partial charge in [-0.1, -0.05) is 42.5 Å². The van der Waals surface area contributed by atoms with Crippen LogP contribution in [-0.2, 0) is 6.54 Å². The fourth-order valence-corrected chi connectivity index (χ4v) is 5.37. The first kappa shape index (κ1) is 20.8. The molecule has 1 amide bonds. The number of ether oxygens (including phenoxy) is 2. The zero-order valence-electron chi connectivity index (χ0n) is 19.2. The van der Waals surface area contributed by atoms with E-state index in [0.29, 0.717) is 23.6 Å². The highest BCUT2D eigenvalue weighted by Crippen LogP contribution is 2.46. The van der Waals surface area contributed by atoms with Crippen molar-refractivity contribution in [2.24, 2.45) is 0 Å². The smallest absolute Gasteiger partial charge is 0.255 e. The summed E-state index contributed by atoms with van der Waals surface area (Å²) in [5.41, 5.74) is 6.30. The molecule has 5 aromatic rings. The SMILES string of the molecule is O=C1c2ccccc2[C@H](c2c(-c3ccc(F)cc3)[nH]c3ccccc23)N1Cc1ccc2c(c1)OCO2. The Hall–Kier alpha value is -4.58. The number of benzene rings is 4. The Morgan fingerprint density at radius 2 is 1.67 bits per heavy atom. The molecule has 4 aromatic carbocycles. The maximum Gasteiger partial charge on any atom is 0.255 e. The summed E-state index contributed by atoms with van der Waals surface area (Å²) in [4.78, 5) is 19.2. The number of nitrogens with zero attached hydrogens (tertiary/aromatic N) is 1. The number of hydrogen-bond acceptors (Lipinski definition) is 3. The summed E-state index contributed by atoms with van der Waals surface area (Å²) in [5, 5.41) is 1.03. The molecule has 1 atom stereocenters. The van der Waals surface area contributed by atoms with E-state index in [1.807, 2.05) is 65.6 Å². The maximum atomic E-state index is 13.8. The van der Waals surface area contributed by atoms with Crippen molar-refractivity contribution < 1.29 is 18.7 Å². The van der Waals surface area contributed by atoms with Gasteiger partial charge < -0.3 is 19.4 Å². The number of hydrogen-bond donors (Lipinski definition) is 1. The second-order valence-corrected chi connectivity index (χ2v) is 9.08. The Kier molecular flexibility index (Phi) is 4.61. The number of rotatable bonds is 4. The van der Waals surface area contributed by atoms with Gasteiger partial charge in [0.1, 0.15) is 5.82 Å². The highest BCUT2D eigenvalue weighted by atomic mass is 19.1. The largest absolute Gasteiger partial charge is 0.454 e. The van der Waals surface area contributed by atoms with Crippen molar-refractivity contribution in [1.29, 1.82) is 0 Å². The number of aromatic amines is 1. The van der Waals surface area contributed by atoms with Gasteiger partial charge in [0.15, 0.2) is 11.5 Å². The van der Waals surface area contributed by atoms with E-state index in [1.165, 1.54) is 12.1 Å². The van der Waals surface area contributed by atoms with Crippen LogP contribution >= 0.6 is 0 Å². The van der Waals surface area contributed by atoms with E-state index in [9.17, 15) is 9.18 Å². The molecular formula is C30H21FN2O3. The third-order valence-electron chi connectivity index (χ3n) is 7.00. The zero-order chi connectivity index (χ0) is 24.2. The average molecular weight is 477 g/mol. The number of H-pyrrole nitrogens is 1. The van der Waals surface area contributed by atoms with Gasteiger partial charge in [0.25, 0.3) is 5.91 Å². The third-order valence-corrected chi connectivity index (χ3v) is 7.00. The summed E-state index contributed by atoms with van der Waals surface area (Å²) in [5.74, 6) is 1.08. The van der Waals surface area contributed by atoms with E-state index in [0.717, 1.165) is 38.9 Å². The van der Waals surface area contributed by atoms with Crippen LogP contribution in [-0.4, -0.2) is 22.6 Å². The van der Waals surface area contributed by atoms with Crippen molar-refractivity contribution in [3.8, 4) is 22.8 Å². The number of fused-ring (bicyclic) bond motifs is 3. The van der Waals surface area contributed by atoms with E-state index in [4.69, 9.17) is 9.47 Å². The Balaban J connectivity index is 1.42. The zero-order valence-corrected chi connectivity index (χ0v) is 19.2. The second kappa shape index (κ2) is 7.99. The molecule has 0 spiro atoms. The van der Waals surface area contributed by atoms with Crippen molar-refractivity contribution in [1.82, 2.24) is 9.88 Å². The van der Waals surface area contributed by atoms with Crippen LogP contribution in [0.2, 0.25) is 0 Å². The number of carbonyl (C=O) groups is 1. The van der Waals surface area contributed by atoms with Crippen LogP contribution in [0.3, 0.4) is 0 Å². The first-order valence-electron chi connectivity index (χ1n) is 11.8. The lowest BCUT2D eigenvalue weighted by Crippen LogP contribution is -2.28. The van der Waals surface area contributed by atoms with Gasteiger partial charge in [0.05, 0.1) is 11.7 Å². The van der Waals surface area contributed by atoms with E-state index in [2.05, 4.69) is 11.1 Å². The molecule has 36 heavy (non-hydrogen) atoms. The van der Waals surface area contributed by atoms with Crippen LogP contribution in [0.1, 0.15) is 33.1 Å². The van der Waals surface area contributed by atoms with Crippen LogP contribution in [0, 0.1) is 5.82 Å². The van der Waals surface area contributed by atoms with E-state index in [1.54, 1.807) is 12.1 Å². The summed E-state index contributed by atoms with van der Waals surface area (Å²) in [6.07, 6.45) is 0. The lowest BCUT2D eigenvalue weighted by Gasteiger charge is -2.27. The van der Waals surface area contributed by atoms with Gasteiger partial charge in [0, 0.05) is 28.6 Å². The molecule has 0 saturated carbocycles. The normalized spacial score (nSPS) is 16.1. The quantitative estimate of drug-likeness (QED) is 0.324. The molecule has 176 valence electrons. The first-order chi connectivity index (χ1) is 17.7. The van der Waals surface area contributed by atoms with Gasteiger partial charge in [-0.05, 0) is 65.2 Å².